The molecule has 2 aromatic rings. The van der Waals surface area contributed by atoms with Gasteiger partial charge in [-0.2, -0.15) is 0 Å². The molecular formula is C25H32N2O3. The summed E-state index contributed by atoms with van der Waals surface area (Å²) in [6.45, 7) is 4.18. The summed E-state index contributed by atoms with van der Waals surface area (Å²) in [5.74, 6) is 0.398. The Hall–Kier alpha value is -2.82. The lowest BCUT2D eigenvalue weighted by molar-refractivity contribution is -0.141. The minimum Gasteiger partial charge on any atom is -0.484 e. The molecule has 1 fully saturated rings. The van der Waals surface area contributed by atoms with Gasteiger partial charge in [0.25, 0.3) is 5.91 Å². The van der Waals surface area contributed by atoms with Gasteiger partial charge in [0, 0.05) is 12.6 Å². The summed E-state index contributed by atoms with van der Waals surface area (Å²) in [6, 6.07) is 17.3. The van der Waals surface area contributed by atoms with Crippen LogP contribution >= 0.6 is 0 Å². The third-order valence-electron chi connectivity index (χ3n) is 5.70. The molecule has 1 N–H and O–H groups in total. The van der Waals surface area contributed by atoms with Gasteiger partial charge in [-0.05, 0) is 56.4 Å². The number of benzene rings is 2. The molecular weight excluding hydrogens is 376 g/mol. The highest BCUT2D eigenvalue weighted by molar-refractivity contribution is 5.88. The number of carbonyl (C=O) groups is 2. The molecule has 0 spiro atoms. The smallest absolute Gasteiger partial charge is 0.261 e. The minimum absolute atomic E-state index is 0.0840. The highest BCUT2D eigenvalue weighted by atomic mass is 16.5. The number of rotatable bonds is 9. The zero-order chi connectivity index (χ0) is 21.3. The van der Waals surface area contributed by atoms with Crippen LogP contribution in [-0.4, -0.2) is 41.9 Å². The van der Waals surface area contributed by atoms with Crippen molar-refractivity contribution < 1.29 is 14.3 Å². The van der Waals surface area contributed by atoms with Crippen LogP contribution in [0.25, 0.3) is 0 Å². The Morgan fingerprint density at radius 3 is 2.53 bits per heavy atom. The minimum atomic E-state index is -0.539. The van der Waals surface area contributed by atoms with E-state index in [9.17, 15) is 9.59 Å². The first-order chi connectivity index (χ1) is 14.5. The third kappa shape index (κ3) is 6.34. The maximum absolute atomic E-state index is 13.0. The molecule has 5 heteroatoms. The molecule has 0 aliphatic heterocycles. The monoisotopic (exact) mass is 408 g/mol. The average molecular weight is 409 g/mol. The van der Waals surface area contributed by atoms with E-state index in [0.717, 1.165) is 36.8 Å². The van der Waals surface area contributed by atoms with Crippen molar-refractivity contribution in [2.45, 2.75) is 58.0 Å². The van der Waals surface area contributed by atoms with Crippen LogP contribution in [0.1, 0.15) is 43.7 Å². The predicted octanol–water partition coefficient (Wildman–Crippen LogP) is 3.89. The highest BCUT2D eigenvalue weighted by Gasteiger charge is 2.28. The van der Waals surface area contributed by atoms with Crippen LogP contribution in [0.15, 0.2) is 54.6 Å². The summed E-state index contributed by atoms with van der Waals surface area (Å²) >= 11 is 0. The molecule has 1 aliphatic carbocycles. The quantitative estimate of drug-likeness (QED) is 0.685. The van der Waals surface area contributed by atoms with Crippen LogP contribution in [0.4, 0.5) is 0 Å². The van der Waals surface area contributed by atoms with Crippen LogP contribution in [-0.2, 0) is 16.0 Å². The van der Waals surface area contributed by atoms with E-state index in [4.69, 9.17) is 4.74 Å². The van der Waals surface area contributed by atoms with Gasteiger partial charge >= 0.3 is 0 Å². The predicted molar refractivity (Wildman–Crippen MR) is 118 cm³/mol. The number of nitrogens with zero attached hydrogens (tertiary/aromatic N) is 1. The number of aryl methyl sites for hydroxylation is 1. The van der Waals surface area contributed by atoms with Crippen molar-refractivity contribution in [1.29, 1.82) is 0 Å². The molecule has 2 aromatic carbocycles. The molecule has 0 saturated heterocycles. The normalized spacial score (nSPS) is 14.9. The first-order valence-electron chi connectivity index (χ1n) is 10.9. The van der Waals surface area contributed by atoms with Crippen molar-refractivity contribution in [3.8, 4) is 5.75 Å². The SMILES string of the molecule is Cc1cccc(OCC(=O)N(CCc2ccccc2)[C@@H](C)C(=O)NC2CCCC2)c1. The number of hydrogen-bond donors (Lipinski definition) is 1. The maximum Gasteiger partial charge on any atom is 0.261 e. The Morgan fingerprint density at radius 2 is 1.83 bits per heavy atom. The molecule has 1 saturated carbocycles. The van der Waals surface area contributed by atoms with E-state index in [0.29, 0.717) is 18.7 Å². The van der Waals surface area contributed by atoms with Crippen molar-refractivity contribution in [1.82, 2.24) is 10.2 Å². The summed E-state index contributed by atoms with van der Waals surface area (Å²) in [5.41, 5.74) is 2.21. The molecule has 0 heterocycles. The first kappa shape index (κ1) is 21.9. The molecule has 160 valence electrons. The Balaban J connectivity index is 1.65. The van der Waals surface area contributed by atoms with Crippen LogP contribution in [0, 0.1) is 6.92 Å². The number of hydrogen-bond acceptors (Lipinski definition) is 3. The van der Waals surface area contributed by atoms with E-state index in [-0.39, 0.29) is 24.5 Å². The average Bonchev–Trinajstić information content (AvgIpc) is 3.26. The number of nitrogens with one attached hydrogen (secondary N) is 1. The van der Waals surface area contributed by atoms with Gasteiger partial charge in [0.15, 0.2) is 6.61 Å². The zero-order valence-electron chi connectivity index (χ0n) is 18.0. The fraction of sp³-hybridized carbons (Fsp3) is 0.440. The van der Waals surface area contributed by atoms with Crippen LogP contribution < -0.4 is 10.1 Å². The topological polar surface area (TPSA) is 58.6 Å². The van der Waals surface area contributed by atoms with Crippen LogP contribution in [0.3, 0.4) is 0 Å². The van der Waals surface area contributed by atoms with Gasteiger partial charge in [0.1, 0.15) is 11.8 Å². The summed E-state index contributed by atoms with van der Waals surface area (Å²) in [4.78, 5) is 27.5. The van der Waals surface area contributed by atoms with Gasteiger partial charge in [0.2, 0.25) is 5.91 Å². The molecule has 5 nitrogen and oxygen atoms in total. The van der Waals surface area contributed by atoms with Gasteiger partial charge in [-0.3, -0.25) is 9.59 Å². The molecule has 0 radical (unpaired) electrons. The summed E-state index contributed by atoms with van der Waals surface area (Å²) in [7, 11) is 0. The highest BCUT2D eigenvalue weighted by Crippen LogP contribution is 2.18. The van der Waals surface area contributed by atoms with Crippen molar-refractivity contribution >= 4 is 11.8 Å². The van der Waals surface area contributed by atoms with E-state index in [2.05, 4.69) is 5.32 Å². The maximum atomic E-state index is 13.0. The van der Waals surface area contributed by atoms with Gasteiger partial charge in [-0.25, -0.2) is 0 Å². The Labute approximate surface area is 179 Å². The number of amides is 2. The van der Waals surface area contributed by atoms with Crippen molar-refractivity contribution in [2.75, 3.05) is 13.2 Å². The Morgan fingerprint density at radius 1 is 1.10 bits per heavy atom. The second-order valence-corrected chi connectivity index (χ2v) is 8.09. The molecule has 1 aliphatic rings. The van der Waals surface area contributed by atoms with Crippen molar-refractivity contribution in [3.05, 3.63) is 65.7 Å². The van der Waals surface area contributed by atoms with E-state index in [1.54, 1.807) is 11.8 Å². The van der Waals surface area contributed by atoms with Crippen molar-refractivity contribution in [3.63, 3.8) is 0 Å². The van der Waals surface area contributed by atoms with Gasteiger partial charge in [-0.15, -0.1) is 0 Å². The van der Waals surface area contributed by atoms with Gasteiger partial charge in [0.05, 0.1) is 0 Å². The van der Waals surface area contributed by atoms with Crippen LogP contribution in [0.2, 0.25) is 0 Å². The fourth-order valence-electron chi connectivity index (χ4n) is 3.90. The van der Waals surface area contributed by atoms with Crippen molar-refractivity contribution in [2.24, 2.45) is 0 Å². The summed E-state index contributed by atoms with van der Waals surface area (Å²) < 4.78 is 5.72. The molecule has 3 rings (SSSR count). The van der Waals surface area contributed by atoms with E-state index in [1.807, 2.05) is 61.5 Å². The second kappa shape index (κ2) is 10.8. The standard InChI is InChI=1S/C25H32N2O3/c1-19-9-8-14-23(17-19)30-18-24(28)27(16-15-21-10-4-3-5-11-21)20(2)25(29)26-22-12-6-7-13-22/h3-5,8-11,14,17,20,22H,6-7,12-13,15-16,18H2,1-2H3,(H,26,29)/t20-/m0/s1. The lowest BCUT2D eigenvalue weighted by Crippen LogP contribution is -2.51. The van der Waals surface area contributed by atoms with Crippen LogP contribution in [0.5, 0.6) is 5.75 Å². The van der Waals surface area contributed by atoms with E-state index in [1.165, 1.54) is 0 Å². The molecule has 30 heavy (non-hydrogen) atoms. The second-order valence-electron chi connectivity index (χ2n) is 8.09. The molecule has 1 atom stereocenters. The molecule has 2 amide bonds. The lowest BCUT2D eigenvalue weighted by Gasteiger charge is -2.29. The first-order valence-corrected chi connectivity index (χ1v) is 10.9. The molecule has 0 bridgehead atoms. The lowest BCUT2D eigenvalue weighted by atomic mass is 10.1. The third-order valence-corrected chi connectivity index (χ3v) is 5.70. The fourth-order valence-corrected chi connectivity index (χ4v) is 3.90. The number of ether oxygens (including phenoxy) is 1. The van der Waals surface area contributed by atoms with E-state index >= 15 is 0 Å². The molecule has 0 aromatic heterocycles. The summed E-state index contributed by atoms with van der Waals surface area (Å²) in [6.07, 6.45) is 5.04. The molecule has 0 unspecified atom stereocenters. The Kier molecular flexibility index (Phi) is 7.89. The van der Waals surface area contributed by atoms with Gasteiger partial charge < -0.3 is 15.0 Å². The Bertz CT molecular complexity index is 831. The largest absolute Gasteiger partial charge is 0.484 e. The zero-order valence-corrected chi connectivity index (χ0v) is 18.0. The van der Waals surface area contributed by atoms with Gasteiger partial charge in [-0.1, -0.05) is 55.3 Å². The van der Waals surface area contributed by atoms with E-state index < -0.39 is 6.04 Å². The summed E-state index contributed by atoms with van der Waals surface area (Å²) in [5, 5.41) is 3.12. The number of carbonyl (C=O) groups excluding carboxylic acids is 2.